The Balaban J connectivity index is 2.18. The van der Waals surface area contributed by atoms with Crippen molar-refractivity contribution in [3.05, 3.63) is 22.2 Å². The van der Waals surface area contributed by atoms with Crippen molar-refractivity contribution in [2.75, 3.05) is 37.8 Å². The number of halogens is 1. The minimum atomic E-state index is 0.625. The Hall–Kier alpha value is -0.740. The number of rotatable bonds is 2. The van der Waals surface area contributed by atoms with E-state index in [-0.39, 0.29) is 0 Å². The summed E-state index contributed by atoms with van der Waals surface area (Å²) in [5.41, 5.74) is 9.17. The number of aryl methyl sites for hydroxylation is 1. The zero-order valence-corrected chi connectivity index (χ0v) is 13.0. The Morgan fingerprint density at radius 1 is 1.33 bits per heavy atom. The topological polar surface area (TPSA) is 32.5 Å². The van der Waals surface area contributed by atoms with E-state index in [2.05, 4.69) is 52.8 Å². The Morgan fingerprint density at radius 2 is 1.94 bits per heavy atom. The van der Waals surface area contributed by atoms with E-state index in [9.17, 15) is 0 Å². The van der Waals surface area contributed by atoms with Crippen LogP contribution in [0.5, 0.6) is 0 Å². The van der Waals surface area contributed by atoms with Gasteiger partial charge in [0.05, 0.1) is 5.69 Å². The lowest BCUT2D eigenvalue weighted by Gasteiger charge is -2.37. The van der Waals surface area contributed by atoms with E-state index in [0.29, 0.717) is 6.04 Å². The summed E-state index contributed by atoms with van der Waals surface area (Å²) in [6.07, 6.45) is 2.45. The van der Waals surface area contributed by atoms with Gasteiger partial charge in [-0.3, -0.25) is 0 Å². The van der Waals surface area contributed by atoms with Crippen molar-refractivity contribution in [1.29, 1.82) is 0 Å². The molecule has 18 heavy (non-hydrogen) atoms. The molecule has 1 aromatic carbocycles. The van der Waals surface area contributed by atoms with Gasteiger partial charge in [0.1, 0.15) is 0 Å². The molecule has 0 saturated carbocycles. The number of nitrogens with two attached hydrogens (primary N) is 1. The molecular weight excluding hydrogens is 290 g/mol. The average molecular weight is 312 g/mol. The smallest absolute Gasteiger partial charge is 0.0514 e. The lowest BCUT2D eigenvalue weighted by Crippen LogP contribution is -2.42. The van der Waals surface area contributed by atoms with Crippen molar-refractivity contribution in [3.63, 3.8) is 0 Å². The molecule has 2 N–H and O–H groups in total. The second-order valence-corrected chi connectivity index (χ2v) is 6.16. The lowest BCUT2D eigenvalue weighted by atomic mass is 10.0. The summed E-state index contributed by atoms with van der Waals surface area (Å²) >= 11 is 3.63. The van der Waals surface area contributed by atoms with E-state index in [1.807, 2.05) is 6.07 Å². The van der Waals surface area contributed by atoms with Crippen LogP contribution in [0.2, 0.25) is 0 Å². The first kappa shape index (κ1) is 13.7. The minimum absolute atomic E-state index is 0.625. The maximum Gasteiger partial charge on any atom is 0.0514 e. The summed E-state index contributed by atoms with van der Waals surface area (Å²) in [6, 6.07) is 4.81. The molecule has 0 unspecified atom stereocenters. The van der Waals surface area contributed by atoms with Gasteiger partial charge in [-0.05, 0) is 73.5 Å². The van der Waals surface area contributed by atoms with Crippen LogP contribution < -0.4 is 10.6 Å². The van der Waals surface area contributed by atoms with E-state index >= 15 is 0 Å². The van der Waals surface area contributed by atoms with Gasteiger partial charge >= 0.3 is 0 Å². The monoisotopic (exact) mass is 311 g/mol. The van der Waals surface area contributed by atoms with Crippen LogP contribution in [0, 0.1) is 6.92 Å². The summed E-state index contributed by atoms with van der Waals surface area (Å²) in [4.78, 5) is 4.79. The predicted octanol–water partition coefficient (Wildman–Crippen LogP) is 2.87. The third-order valence-electron chi connectivity index (χ3n) is 3.95. The highest BCUT2D eigenvalue weighted by molar-refractivity contribution is 9.10. The molecule has 1 aromatic rings. The van der Waals surface area contributed by atoms with Crippen LogP contribution in [0.25, 0.3) is 0 Å². The molecule has 0 bridgehead atoms. The largest absolute Gasteiger partial charge is 0.398 e. The van der Waals surface area contributed by atoms with Crippen molar-refractivity contribution in [2.24, 2.45) is 0 Å². The lowest BCUT2D eigenvalue weighted by molar-refractivity contribution is 0.253. The number of nitrogens with zero attached hydrogens (tertiary/aromatic N) is 2. The summed E-state index contributed by atoms with van der Waals surface area (Å²) in [5.74, 6) is 0. The van der Waals surface area contributed by atoms with Gasteiger partial charge in [-0.25, -0.2) is 0 Å². The Labute approximate surface area is 118 Å². The molecule has 0 aliphatic carbocycles. The van der Waals surface area contributed by atoms with E-state index in [1.165, 1.54) is 31.6 Å². The van der Waals surface area contributed by atoms with Crippen LogP contribution in [0.1, 0.15) is 18.4 Å². The Kier molecular flexibility index (Phi) is 4.17. The Morgan fingerprint density at radius 3 is 2.56 bits per heavy atom. The van der Waals surface area contributed by atoms with Crippen LogP contribution in [-0.4, -0.2) is 38.1 Å². The number of anilines is 2. The molecule has 1 aliphatic heterocycles. The molecule has 2 rings (SSSR count). The molecule has 3 nitrogen and oxygen atoms in total. The molecular formula is C14H22BrN3. The highest BCUT2D eigenvalue weighted by Gasteiger charge is 2.22. The van der Waals surface area contributed by atoms with Crippen LogP contribution in [0.3, 0.4) is 0 Å². The zero-order valence-electron chi connectivity index (χ0n) is 11.4. The molecule has 0 spiro atoms. The summed E-state index contributed by atoms with van der Waals surface area (Å²) < 4.78 is 1.09. The standard InChI is InChI=1S/C14H22BrN3/c1-10-8-14(12(15)9-13(10)16)18(3)11-4-6-17(2)7-5-11/h8-9,11H,4-7,16H2,1-3H3. The molecule has 4 heteroatoms. The molecule has 1 saturated heterocycles. The quantitative estimate of drug-likeness (QED) is 0.852. The van der Waals surface area contributed by atoms with Gasteiger partial charge in [0, 0.05) is 23.2 Å². The maximum absolute atomic E-state index is 5.93. The first-order valence-corrected chi connectivity index (χ1v) is 7.25. The van der Waals surface area contributed by atoms with E-state index in [0.717, 1.165) is 15.7 Å². The van der Waals surface area contributed by atoms with Gasteiger partial charge in [0.15, 0.2) is 0 Å². The van der Waals surface area contributed by atoms with Gasteiger partial charge in [-0.2, -0.15) is 0 Å². The highest BCUT2D eigenvalue weighted by Crippen LogP contribution is 2.32. The molecule has 100 valence electrons. The fourth-order valence-electron chi connectivity index (χ4n) is 2.53. The number of piperidine rings is 1. The summed E-state index contributed by atoms with van der Waals surface area (Å²) in [6.45, 7) is 4.43. The number of benzene rings is 1. The van der Waals surface area contributed by atoms with Crippen molar-refractivity contribution >= 4 is 27.3 Å². The van der Waals surface area contributed by atoms with Crippen LogP contribution in [0.4, 0.5) is 11.4 Å². The first-order valence-electron chi connectivity index (χ1n) is 6.46. The normalized spacial score (nSPS) is 18.0. The van der Waals surface area contributed by atoms with Gasteiger partial charge in [0.25, 0.3) is 0 Å². The zero-order chi connectivity index (χ0) is 13.3. The molecule has 0 aromatic heterocycles. The van der Waals surface area contributed by atoms with Crippen molar-refractivity contribution in [3.8, 4) is 0 Å². The third kappa shape index (κ3) is 2.81. The molecule has 0 amide bonds. The molecule has 0 radical (unpaired) electrons. The molecule has 0 atom stereocenters. The summed E-state index contributed by atoms with van der Waals surface area (Å²) in [7, 11) is 4.38. The fourth-order valence-corrected chi connectivity index (χ4v) is 3.17. The Bertz CT molecular complexity index is 425. The van der Waals surface area contributed by atoms with Crippen molar-refractivity contribution in [2.45, 2.75) is 25.8 Å². The van der Waals surface area contributed by atoms with Crippen LogP contribution in [-0.2, 0) is 0 Å². The molecule has 1 heterocycles. The fraction of sp³-hybridized carbons (Fsp3) is 0.571. The molecule has 1 fully saturated rings. The number of likely N-dealkylation sites (tertiary alicyclic amines) is 1. The van der Waals surface area contributed by atoms with Crippen molar-refractivity contribution in [1.82, 2.24) is 4.90 Å². The average Bonchev–Trinajstić information content (AvgIpc) is 2.34. The number of nitrogen functional groups attached to an aromatic ring is 1. The van der Waals surface area contributed by atoms with Crippen molar-refractivity contribution < 1.29 is 0 Å². The van der Waals surface area contributed by atoms with E-state index in [1.54, 1.807) is 0 Å². The number of hydrogen-bond donors (Lipinski definition) is 1. The SMILES string of the molecule is Cc1cc(N(C)C2CCN(C)CC2)c(Br)cc1N. The van der Waals surface area contributed by atoms with Gasteiger partial charge in [-0.15, -0.1) is 0 Å². The first-order chi connectivity index (χ1) is 8.49. The second kappa shape index (κ2) is 5.49. The summed E-state index contributed by atoms with van der Waals surface area (Å²) in [5, 5.41) is 0. The molecule has 1 aliphatic rings. The minimum Gasteiger partial charge on any atom is -0.398 e. The van der Waals surface area contributed by atoms with Crippen LogP contribution in [0.15, 0.2) is 16.6 Å². The van der Waals surface area contributed by atoms with Gasteiger partial charge < -0.3 is 15.5 Å². The van der Waals surface area contributed by atoms with Crippen LogP contribution >= 0.6 is 15.9 Å². The predicted molar refractivity (Wildman–Crippen MR) is 82.2 cm³/mol. The highest BCUT2D eigenvalue weighted by atomic mass is 79.9. The van der Waals surface area contributed by atoms with Gasteiger partial charge in [0.2, 0.25) is 0 Å². The van der Waals surface area contributed by atoms with E-state index in [4.69, 9.17) is 5.73 Å². The maximum atomic E-state index is 5.93. The van der Waals surface area contributed by atoms with Gasteiger partial charge in [-0.1, -0.05) is 0 Å². The number of hydrogen-bond acceptors (Lipinski definition) is 3. The second-order valence-electron chi connectivity index (χ2n) is 5.31. The van der Waals surface area contributed by atoms with E-state index < -0.39 is 0 Å². The third-order valence-corrected chi connectivity index (χ3v) is 4.59.